The summed E-state index contributed by atoms with van der Waals surface area (Å²) in [5.74, 6) is -0.972. The van der Waals surface area contributed by atoms with Gasteiger partial charge in [-0.05, 0) is 13.8 Å². The molecule has 0 amide bonds. The number of nitrogens with two attached hydrogens (primary N) is 1. The summed E-state index contributed by atoms with van der Waals surface area (Å²) < 4.78 is 8.37. The van der Waals surface area contributed by atoms with Gasteiger partial charge >= 0.3 is 11.9 Å². The Balaban J connectivity index is -0.000000183. The molecular formula is C10H23NO5. The molecule has 0 unspecified atom stereocenters. The molecule has 6 heteroatoms. The van der Waals surface area contributed by atoms with Crippen molar-refractivity contribution in [3.63, 3.8) is 0 Å². The van der Waals surface area contributed by atoms with Gasteiger partial charge in [-0.25, -0.2) is 4.79 Å². The minimum Gasteiger partial charge on any atom is -0.468 e. The van der Waals surface area contributed by atoms with Gasteiger partial charge in [-0.1, -0.05) is 13.8 Å². The average Bonchev–Trinajstić information content (AvgIpc) is 2.29. The summed E-state index contributed by atoms with van der Waals surface area (Å²) in [6.07, 6.45) is -0.995. The summed E-state index contributed by atoms with van der Waals surface area (Å²) in [5, 5.41) is 8.35. The van der Waals surface area contributed by atoms with Crippen LogP contribution in [0.15, 0.2) is 0 Å². The Bertz CT molecular complexity index is 160. The van der Waals surface area contributed by atoms with Crippen molar-refractivity contribution in [2.45, 2.75) is 39.8 Å². The Morgan fingerprint density at radius 2 is 1.38 bits per heavy atom. The first-order valence-electron chi connectivity index (χ1n) is 4.96. The SMILES string of the molecule is CC.COC(=O)[C@H](C)N.COC(=O)[C@H](C)O. The van der Waals surface area contributed by atoms with E-state index in [4.69, 9.17) is 10.8 Å². The van der Waals surface area contributed by atoms with E-state index in [1.807, 2.05) is 13.8 Å². The number of hydrogen-bond donors (Lipinski definition) is 2. The Kier molecular flexibility index (Phi) is 17.6. The molecule has 3 N–H and O–H groups in total. The summed E-state index contributed by atoms with van der Waals surface area (Å²) in [5.41, 5.74) is 5.07. The quantitative estimate of drug-likeness (QED) is 0.659. The fourth-order valence-corrected chi connectivity index (χ4v) is 0.356. The number of aliphatic hydroxyl groups is 1. The number of ether oxygens (including phenoxy) is 2. The molecule has 0 rings (SSSR count). The maximum Gasteiger partial charge on any atom is 0.334 e. The van der Waals surface area contributed by atoms with Crippen LogP contribution in [0, 0.1) is 0 Å². The van der Waals surface area contributed by atoms with E-state index in [9.17, 15) is 9.59 Å². The zero-order chi connectivity index (χ0) is 13.7. The van der Waals surface area contributed by atoms with E-state index < -0.39 is 18.1 Å². The number of carbonyl (C=O) groups is 2. The minimum absolute atomic E-state index is 0.375. The van der Waals surface area contributed by atoms with Crippen LogP contribution in [0.3, 0.4) is 0 Å². The fourth-order valence-electron chi connectivity index (χ4n) is 0.356. The third kappa shape index (κ3) is 15.3. The number of aliphatic hydroxyl groups excluding tert-OH is 1. The van der Waals surface area contributed by atoms with E-state index in [2.05, 4.69) is 9.47 Å². The van der Waals surface area contributed by atoms with Gasteiger partial charge in [-0.3, -0.25) is 4.79 Å². The summed E-state index contributed by atoms with van der Waals surface area (Å²) >= 11 is 0. The molecule has 16 heavy (non-hydrogen) atoms. The minimum atomic E-state index is -0.995. The molecule has 98 valence electrons. The van der Waals surface area contributed by atoms with Gasteiger partial charge in [0.05, 0.1) is 14.2 Å². The first-order chi connectivity index (χ1) is 7.36. The van der Waals surface area contributed by atoms with Crippen LogP contribution in [-0.2, 0) is 19.1 Å². The maximum absolute atomic E-state index is 10.2. The van der Waals surface area contributed by atoms with Crippen LogP contribution in [0.2, 0.25) is 0 Å². The Morgan fingerprint density at radius 1 is 1.06 bits per heavy atom. The smallest absolute Gasteiger partial charge is 0.334 e. The predicted molar refractivity (Wildman–Crippen MR) is 60.7 cm³/mol. The monoisotopic (exact) mass is 237 g/mol. The van der Waals surface area contributed by atoms with Gasteiger partial charge in [-0.2, -0.15) is 0 Å². The van der Waals surface area contributed by atoms with E-state index in [0.717, 1.165) is 0 Å². The highest BCUT2D eigenvalue weighted by atomic mass is 16.5. The molecule has 0 radical (unpaired) electrons. The summed E-state index contributed by atoms with van der Waals surface area (Å²) in [4.78, 5) is 20.2. The molecule has 0 aromatic carbocycles. The number of rotatable bonds is 2. The second kappa shape index (κ2) is 13.9. The molecule has 0 fully saturated rings. The first kappa shape index (κ1) is 20.3. The van der Waals surface area contributed by atoms with Gasteiger partial charge in [0.25, 0.3) is 0 Å². The molecule has 0 aromatic rings. The van der Waals surface area contributed by atoms with Crippen LogP contribution in [-0.4, -0.2) is 43.4 Å². The van der Waals surface area contributed by atoms with E-state index in [1.165, 1.54) is 21.1 Å². The molecule has 0 aliphatic heterocycles. The van der Waals surface area contributed by atoms with Gasteiger partial charge in [0.2, 0.25) is 0 Å². The lowest BCUT2D eigenvalue weighted by Crippen LogP contribution is -2.27. The molecule has 0 spiro atoms. The highest BCUT2D eigenvalue weighted by molar-refractivity contribution is 5.74. The van der Waals surface area contributed by atoms with Crippen LogP contribution in [0.25, 0.3) is 0 Å². The van der Waals surface area contributed by atoms with Gasteiger partial charge in [-0.15, -0.1) is 0 Å². The molecule has 0 aliphatic carbocycles. The van der Waals surface area contributed by atoms with Gasteiger partial charge in [0.1, 0.15) is 12.1 Å². The fraction of sp³-hybridized carbons (Fsp3) is 0.800. The molecular weight excluding hydrogens is 214 g/mol. The summed E-state index contributed by atoms with van der Waals surface area (Å²) in [7, 11) is 2.54. The van der Waals surface area contributed by atoms with Crippen molar-refractivity contribution >= 4 is 11.9 Å². The standard InChI is InChI=1S/C4H9NO2.C4H8O3.C2H6/c2*1-3(5)4(6)7-2;1-2/h3H,5H2,1-2H3;3,5H,1-2H3;1-2H3/t2*3-;/m00./s1. The van der Waals surface area contributed by atoms with E-state index in [0.29, 0.717) is 0 Å². The average molecular weight is 237 g/mol. The second-order valence-electron chi connectivity index (χ2n) is 2.51. The molecule has 6 nitrogen and oxygen atoms in total. The number of esters is 2. The highest BCUT2D eigenvalue weighted by Crippen LogP contribution is 1.80. The van der Waals surface area contributed by atoms with Crippen LogP contribution in [0.5, 0.6) is 0 Å². The predicted octanol–water partition coefficient (Wildman–Crippen LogP) is 0.0730. The normalized spacial score (nSPS) is 11.8. The number of hydrogen-bond acceptors (Lipinski definition) is 6. The van der Waals surface area contributed by atoms with Crippen LogP contribution in [0.4, 0.5) is 0 Å². The van der Waals surface area contributed by atoms with Gasteiger partial charge < -0.3 is 20.3 Å². The zero-order valence-electron chi connectivity index (χ0n) is 10.8. The molecule has 0 heterocycles. The van der Waals surface area contributed by atoms with Crippen molar-refractivity contribution in [2.75, 3.05) is 14.2 Å². The van der Waals surface area contributed by atoms with Gasteiger partial charge in [0.15, 0.2) is 0 Å². The molecule has 0 bridgehead atoms. The van der Waals surface area contributed by atoms with Crippen molar-refractivity contribution in [3.05, 3.63) is 0 Å². The molecule has 0 aromatic heterocycles. The summed E-state index contributed by atoms with van der Waals surface area (Å²) in [6, 6.07) is -0.495. The lowest BCUT2D eigenvalue weighted by Gasteiger charge is -1.98. The number of methoxy groups -OCH3 is 2. The molecule has 0 saturated carbocycles. The Morgan fingerprint density at radius 3 is 1.38 bits per heavy atom. The van der Waals surface area contributed by atoms with E-state index in [1.54, 1.807) is 6.92 Å². The van der Waals surface area contributed by atoms with Crippen molar-refractivity contribution in [1.82, 2.24) is 0 Å². The molecule has 2 atom stereocenters. The summed E-state index contributed by atoms with van der Waals surface area (Å²) in [6.45, 7) is 6.93. The van der Waals surface area contributed by atoms with Crippen LogP contribution in [0.1, 0.15) is 27.7 Å². The van der Waals surface area contributed by atoms with Crippen LogP contribution < -0.4 is 5.73 Å². The largest absolute Gasteiger partial charge is 0.468 e. The van der Waals surface area contributed by atoms with Crippen molar-refractivity contribution in [2.24, 2.45) is 5.73 Å². The Hall–Kier alpha value is -1.14. The number of carbonyl (C=O) groups excluding carboxylic acids is 2. The lowest BCUT2D eigenvalue weighted by molar-refractivity contribution is -0.149. The second-order valence-corrected chi connectivity index (χ2v) is 2.51. The molecule has 0 saturated heterocycles. The van der Waals surface area contributed by atoms with Crippen molar-refractivity contribution < 1.29 is 24.2 Å². The zero-order valence-corrected chi connectivity index (χ0v) is 10.8. The first-order valence-corrected chi connectivity index (χ1v) is 4.96. The van der Waals surface area contributed by atoms with Gasteiger partial charge in [0, 0.05) is 0 Å². The van der Waals surface area contributed by atoms with E-state index >= 15 is 0 Å². The molecule has 0 aliphatic rings. The van der Waals surface area contributed by atoms with Crippen molar-refractivity contribution in [3.8, 4) is 0 Å². The topological polar surface area (TPSA) is 98.9 Å². The highest BCUT2D eigenvalue weighted by Gasteiger charge is 2.05. The maximum atomic E-state index is 10.2. The third-order valence-corrected chi connectivity index (χ3v) is 1.12. The Labute approximate surface area is 96.7 Å². The van der Waals surface area contributed by atoms with Crippen molar-refractivity contribution in [1.29, 1.82) is 0 Å². The lowest BCUT2D eigenvalue weighted by atomic mass is 10.4. The van der Waals surface area contributed by atoms with Crippen LogP contribution >= 0.6 is 0 Å². The van der Waals surface area contributed by atoms with E-state index in [-0.39, 0.29) is 5.97 Å². The third-order valence-electron chi connectivity index (χ3n) is 1.12.